The van der Waals surface area contributed by atoms with Crippen LogP contribution in [0.3, 0.4) is 0 Å². The summed E-state index contributed by atoms with van der Waals surface area (Å²) in [5.41, 5.74) is 3.07. The van der Waals surface area contributed by atoms with Crippen LogP contribution >= 0.6 is 0 Å². The number of fused-ring (bicyclic) bond motifs is 1. The number of carbonyl (C=O) groups excluding carboxylic acids is 1. The number of nitrogens with one attached hydrogen (secondary N) is 1. The van der Waals surface area contributed by atoms with Crippen molar-refractivity contribution in [1.29, 1.82) is 0 Å². The topological polar surface area (TPSA) is 106 Å². The first-order chi connectivity index (χ1) is 19.0. The fraction of sp³-hybridized carbons (Fsp3) is 0.393. The molecule has 11 heteroatoms. The quantitative estimate of drug-likeness (QED) is 0.341. The van der Waals surface area contributed by atoms with Gasteiger partial charge in [-0.2, -0.15) is 5.10 Å². The molecule has 0 radical (unpaired) electrons. The molecule has 1 N–H and O–H groups in total. The summed E-state index contributed by atoms with van der Waals surface area (Å²) in [7, 11) is 1.55. The summed E-state index contributed by atoms with van der Waals surface area (Å²) in [5.74, 6) is 0.0309. The van der Waals surface area contributed by atoms with Crippen LogP contribution < -0.4 is 4.74 Å². The maximum Gasteiger partial charge on any atom is 0.254 e. The number of H-pyrrole nitrogens is 1. The summed E-state index contributed by atoms with van der Waals surface area (Å²) in [6, 6.07) is 12.6. The van der Waals surface area contributed by atoms with Crippen LogP contribution in [0.4, 0.5) is 4.39 Å². The first-order valence-corrected chi connectivity index (χ1v) is 13.0. The van der Waals surface area contributed by atoms with Crippen LogP contribution in [0, 0.1) is 5.82 Å². The Labute approximate surface area is 224 Å². The van der Waals surface area contributed by atoms with Crippen LogP contribution in [0.5, 0.6) is 5.75 Å². The lowest BCUT2D eigenvalue weighted by molar-refractivity contribution is -0.0812. The Balaban J connectivity index is 1.15. The van der Waals surface area contributed by atoms with E-state index in [0.29, 0.717) is 52.8 Å². The summed E-state index contributed by atoms with van der Waals surface area (Å²) in [5, 5.41) is 11.9. The third-order valence-electron chi connectivity index (χ3n) is 7.39. The molecule has 2 fully saturated rings. The van der Waals surface area contributed by atoms with Gasteiger partial charge in [-0.3, -0.25) is 14.8 Å². The van der Waals surface area contributed by atoms with Gasteiger partial charge < -0.3 is 23.6 Å². The van der Waals surface area contributed by atoms with Gasteiger partial charge in [0.2, 0.25) is 0 Å². The molecule has 6 rings (SSSR count). The second-order valence-electron chi connectivity index (χ2n) is 9.93. The summed E-state index contributed by atoms with van der Waals surface area (Å²) < 4.78 is 35.9. The molecule has 10 nitrogen and oxygen atoms in total. The number of methoxy groups -OCH3 is 1. The molecular weight excluding hydrogens is 505 g/mol. The summed E-state index contributed by atoms with van der Waals surface area (Å²) in [6.45, 7) is 6.66. The molecule has 2 saturated heterocycles. The Morgan fingerprint density at radius 2 is 1.97 bits per heavy atom. The van der Waals surface area contributed by atoms with Crippen LogP contribution in [-0.2, 0) is 9.47 Å². The van der Waals surface area contributed by atoms with E-state index in [4.69, 9.17) is 18.7 Å². The Bertz CT molecular complexity index is 1470. The minimum absolute atomic E-state index is 0.0231. The van der Waals surface area contributed by atoms with E-state index in [9.17, 15) is 9.18 Å². The highest BCUT2D eigenvalue weighted by atomic mass is 19.1. The summed E-state index contributed by atoms with van der Waals surface area (Å²) in [4.78, 5) is 17.6. The van der Waals surface area contributed by atoms with E-state index in [2.05, 4.69) is 27.2 Å². The molecule has 4 heterocycles. The molecule has 2 aromatic heterocycles. The number of hydrogen-bond donors (Lipinski definition) is 1. The number of rotatable bonds is 8. The summed E-state index contributed by atoms with van der Waals surface area (Å²) >= 11 is 0. The van der Waals surface area contributed by atoms with Crippen molar-refractivity contribution in [3.05, 3.63) is 53.8 Å². The number of aromatic amines is 1. The maximum atomic E-state index is 14.6. The van der Waals surface area contributed by atoms with Crippen molar-refractivity contribution in [1.82, 2.24) is 25.2 Å². The van der Waals surface area contributed by atoms with Crippen LogP contribution in [-0.4, -0.2) is 96.3 Å². The second kappa shape index (κ2) is 10.8. The van der Waals surface area contributed by atoms with Gasteiger partial charge in [-0.1, -0.05) is 17.3 Å². The number of ether oxygens (including phenoxy) is 3. The number of carbonyl (C=O) groups is 1. The number of piperazine rings is 1. The molecule has 2 aliphatic heterocycles. The van der Waals surface area contributed by atoms with Gasteiger partial charge in [0.05, 0.1) is 31.4 Å². The molecule has 2 aliphatic rings. The summed E-state index contributed by atoms with van der Waals surface area (Å²) in [6.07, 6.45) is 0. The lowest BCUT2D eigenvalue weighted by Crippen LogP contribution is -2.60. The van der Waals surface area contributed by atoms with Crippen molar-refractivity contribution in [3.63, 3.8) is 0 Å². The van der Waals surface area contributed by atoms with Crippen molar-refractivity contribution in [2.24, 2.45) is 0 Å². The van der Waals surface area contributed by atoms with Crippen molar-refractivity contribution in [2.45, 2.75) is 19.0 Å². The van der Waals surface area contributed by atoms with Crippen molar-refractivity contribution < 1.29 is 27.9 Å². The van der Waals surface area contributed by atoms with Gasteiger partial charge in [-0.25, -0.2) is 4.39 Å². The highest BCUT2D eigenvalue weighted by molar-refractivity contribution is 5.95. The number of benzene rings is 2. The van der Waals surface area contributed by atoms with Gasteiger partial charge in [0.15, 0.2) is 17.3 Å². The van der Waals surface area contributed by atoms with Gasteiger partial charge in [0.25, 0.3) is 5.91 Å². The standard InChI is InChI=1S/C28H30FN5O5/c1-17-14-33(20-15-37-16-20)7-8-34(17)28(35)19-5-3-18(4-6-19)23-12-26(39-32-23)27-21-11-22(29)25(38-10-9-36-2)13-24(21)30-31-27/h3-6,11-13,17,20H,7-10,14-16H2,1-2H3,(H,30,31)/t17-/m0/s1. The molecule has 0 saturated carbocycles. The van der Waals surface area contributed by atoms with E-state index in [-0.39, 0.29) is 24.3 Å². The molecule has 1 atom stereocenters. The highest BCUT2D eigenvalue weighted by Crippen LogP contribution is 2.33. The molecule has 39 heavy (non-hydrogen) atoms. The van der Waals surface area contributed by atoms with Crippen LogP contribution in [0.1, 0.15) is 17.3 Å². The Hall–Kier alpha value is -3.80. The van der Waals surface area contributed by atoms with E-state index in [0.717, 1.165) is 31.9 Å². The molecule has 204 valence electrons. The highest BCUT2D eigenvalue weighted by Gasteiger charge is 2.34. The van der Waals surface area contributed by atoms with Gasteiger partial charge >= 0.3 is 0 Å². The lowest BCUT2D eigenvalue weighted by atomic mass is 10.0. The number of aromatic nitrogens is 3. The number of nitrogens with zero attached hydrogens (tertiary/aromatic N) is 4. The lowest BCUT2D eigenvalue weighted by Gasteiger charge is -2.45. The average Bonchev–Trinajstić information content (AvgIpc) is 3.55. The molecule has 0 unspecified atom stereocenters. The predicted molar refractivity (Wildman–Crippen MR) is 141 cm³/mol. The molecule has 1 amide bonds. The zero-order valence-corrected chi connectivity index (χ0v) is 21.9. The van der Waals surface area contributed by atoms with Gasteiger partial charge in [0, 0.05) is 61.4 Å². The smallest absolute Gasteiger partial charge is 0.254 e. The third-order valence-corrected chi connectivity index (χ3v) is 7.39. The van der Waals surface area contributed by atoms with E-state index >= 15 is 0 Å². The van der Waals surface area contributed by atoms with Crippen LogP contribution in [0.2, 0.25) is 0 Å². The van der Waals surface area contributed by atoms with E-state index in [1.807, 2.05) is 29.2 Å². The minimum Gasteiger partial charge on any atom is -0.488 e. The molecule has 0 aliphatic carbocycles. The Morgan fingerprint density at radius 1 is 1.15 bits per heavy atom. The van der Waals surface area contributed by atoms with E-state index < -0.39 is 5.82 Å². The SMILES string of the molecule is COCCOc1cc2[nH]nc(-c3cc(-c4ccc(C(=O)N5CCN(C6COC6)C[C@@H]5C)cc4)no3)c2cc1F. The number of halogens is 1. The van der Waals surface area contributed by atoms with Crippen molar-refractivity contribution in [3.8, 4) is 28.5 Å². The minimum atomic E-state index is -0.506. The van der Waals surface area contributed by atoms with E-state index in [1.165, 1.54) is 6.07 Å². The van der Waals surface area contributed by atoms with Crippen LogP contribution in [0.15, 0.2) is 47.0 Å². The van der Waals surface area contributed by atoms with Crippen molar-refractivity contribution >= 4 is 16.8 Å². The second-order valence-corrected chi connectivity index (χ2v) is 9.93. The predicted octanol–water partition coefficient (Wildman–Crippen LogP) is 3.59. The average molecular weight is 536 g/mol. The zero-order chi connectivity index (χ0) is 26.9. The van der Waals surface area contributed by atoms with Crippen LogP contribution in [0.25, 0.3) is 33.6 Å². The molecule has 4 aromatic rings. The molecule has 0 bridgehead atoms. The fourth-order valence-corrected chi connectivity index (χ4v) is 5.08. The largest absolute Gasteiger partial charge is 0.488 e. The van der Waals surface area contributed by atoms with E-state index in [1.54, 1.807) is 19.2 Å². The third kappa shape index (κ3) is 5.00. The molecule has 0 spiro atoms. The first kappa shape index (κ1) is 25.5. The number of amides is 1. The van der Waals surface area contributed by atoms with Gasteiger partial charge in [-0.05, 0) is 25.1 Å². The van der Waals surface area contributed by atoms with Crippen molar-refractivity contribution in [2.75, 3.05) is 53.2 Å². The molecule has 2 aromatic carbocycles. The van der Waals surface area contributed by atoms with Gasteiger partial charge in [-0.15, -0.1) is 0 Å². The molecular formula is C28H30FN5O5. The van der Waals surface area contributed by atoms with Gasteiger partial charge in [0.1, 0.15) is 18.0 Å². The first-order valence-electron chi connectivity index (χ1n) is 13.0. The monoisotopic (exact) mass is 535 g/mol. The zero-order valence-electron chi connectivity index (χ0n) is 21.9. The number of hydrogen-bond acceptors (Lipinski definition) is 8. The fourth-order valence-electron chi connectivity index (χ4n) is 5.08. The Kier molecular flexibility index (Phi) is 7.03. The Morgan fingerprint density at radius 3 is 2.69 bits per heavy atom. The normalized spacial score (nSPS) is 18.4. The maximum absolute atomic E-state index is 14.6.